The molecule has 0 amide bonds. The largest absolute Gasteiger partial charge is 0.367 e. The molecular weight excluding hydrogens is 286 g/mol. The van der Waals surface area contributed by atoms with Gasteiger partial charge in [-0.05, 0) is 9.81 Å². The van der Waals surface area contributed by atoms with Gasteiger partial charge < -0.3 is 15.3 Å². The van der Waals surface area contributed by atoms with Gasteiger partial charge in [0.15, 0.2) is 0 Å². The Morgan fingerprint density at radius 1 is 1.14 bits per heavy atom. The average molecular weight is 299 g/mol. The van der Waals surface area contributed by atoms with Gasteiger partial charge in [0.2, 0.25) is 22.8 Å². The van der Waals surface area contributed by atoms with Crippen molar-refractivity contribution in [3.05, 3.63) is 33.2 Å². The molecule has 11 heteroatoms. The smallest absolute Gasteiger partial charge is 0.322 e. The molecule has 0 spiro atoms. The normalized spacial score (nSPS) is 11.0. The summed E-state index contributed by atoms with van der Waals surface area (Å²) in [5.41, 5.74) is 1.00. The van der Waals surface area contributed by atoms with E-state index in [0.29, 0.717) is 11.4 Å². The van der Waals surface area contributed by atoms with Crippen LogP contribution in [0, 0.1) is 24.3 Å². The summed E-state index contributed by atoms with van der Waals surface area (Å²) >= 11 is 0. The van der Waals surface area contributed by atoms with Gasteiger partial charge in [-0.2, -0.15) is 0 Å². The fraction of sp³-hybridized carbons (Fsp3) is 0.500. The van der Waals surface area contributed by atoms with Gasteiger partial charge >= 0.3 is 5.97 Å². The third-order valence-electron chi connectivity index (χ3n) is 2.69. The Morgan fingerprint density at radius 2 is 1.57 bits per heavy atom. The molecule has 0 aromatic carbocycles. The van der Waals surface area contributed by atoms with Crippen molar-refractivity contribution in [2.75, 3.05) is 0 Å². The lowest BCUT2D eigenvalue weighted by molar-refractivity contribution is -0.810. The summed E-state index contributed by atoms with van der Waals surface area (Å²) in [5, 5.41) is 30.9. The van der Waals surface area contributed by atoms with Crippen molar-refractivity contribution in [1.29, 1.82) is 0 Å². The van der Waals surface area contributed by atoms with Crippen molar-refractivity contribution in [3.8, 4) is 0 Å². The van der Waals surface area contributed by atoms with Crippen LogP contribution in [0.2, 0.25) is 0 Å². The monoisotopic (exact) mass is 299 g/mol. The molecule has 0 atom stereocenters. The standard InChI is InChI=1S/C10H13N5O6/c1-6-9(14(17)20-11-6)4-13(19-8(3)16)5-10-7(2)12-21-15(10)18/h4-5H2,1-3H3. The highest BCUT2D eigenvalue weighted by atomic mass is 16.8. The Balaban J connectivity index is 2.21. The van der Waals surface area contributed by atoms with Crippen LogP contribution in [0.15, 0.2) is 9.26 Å². The first kappa shape index (κ1) is 14.7. The number of hydrogen-bond acceptors (Lipinski definition) is 9. The molecule has 0 bridgehead atoms. The SMILES string of the molecule is CC(=O)ON(Cc1c(C)no[n+]1[O-])Cc1c(C)no[n+]1[O-]. The Bertz CT molecular complexity index is 563. The van der Waals surface area contributed by atoms with Crippen molar-refractivity contribution in [1.82, 2.24) is 15.4 Å². The zero-order valence-electron chi connectivity index (χ0n) is 11.6. The molecule has 0 saturated heterocycles. The summed E-state index contributed by atoms with van der Waals surface area (Å²) < 4.78 is 8.86. The van der Waals surface area contributed by atoms with E-state index in [2.05, 4.69) is 19.6 Å². The Hall–Kier alpha value is -2.69. The molecular formula is C10H13N5O6. The highest BCUT2D eigenvalue weighted by Gasteiger charge is 2.25. The van der Waals surface area contributed by atoms with Crippen LogP contribution in [0.1, 0.15) is 29.7 Å². The quantitative estimate of drug-likeness (QED) is 0.504. The molecule has 114 valence electrons. The topological polar surface area (TPSA) is 135 Å². The van der Waals surface area contributed by atoms with Gasteiger partial charge in [0.25, 0.3) is 0 Å². The van der Waals surface area contributed by atoms with Crippen LogP contribution in [0.25, 0.3) is 0 Å². The van der Waals surface area contributed by atoms with Gasteiger partial charge in [-0.1, -0.05) is 0 Å². The lowest BCUT2D eigenvalue weighted by atomic mass is 10.3. The summed E-state index contributed by atoms with van der Waals surface area (Å²) in [5.74, 6) is -0.604. The van der Waals surface area contributed by atoms with Gasteiger partial charge in [-0.3, -0.25) is 14.1 Å². The zero-order valence-corrected chi connectivity index (χ0v) is 11.6. The second-order valence-corrected chi connectivity index (χ2v) is 4.31. The summed E-state index contributed by atoms with van der Waals surface area (Å²) in [6.45, 7) is 4.12. The van der Waals surface area contributed by atoms with Crippen LogP contribution in [0.5, 0.6) is 0 Å². The number of rotatable bonds is 5. The maximum absolute atomic E-state index is 11.4. The maximum atomic E-state index is 11.4. The maximum Gasteiger partial charge on any atom is 0.322 e. The first-order valence-electron chi connectivity index (χ1n) is 5.92. The van der Waals surface area contributed by atoms with Crippen LogP contribution in [0.3, 0.4) is 0 Å². The molecule has 2 rings (SSSR count). The minimum atomic E-state index is -0.604. The predicted octanol–water partition coefficient (Wildman–Crippen LogP) is -0.973. The summed E-state index contributed by atoms with van der Waals surface area (Å²) in [6, 6.07) is 0. The van der Waals surface area contributed by atoms with Gasteiger partial charge in [0.05, 0.1) is 0 Å². The number of hydrogen-bond donors (Lipinski definition) is 0. The van der Waals surface area contributed by atoms with Crippen LogP contribution in [0.4, 0.5) is 0 Å². The predicted molar refractivity (Wildman–Crippen MR) is 61.4 cm³/mol. The number of hydroxylamine groups is 2. The summed E-state index contributed by atoms with van der Waals surface area (Å²) in [4.78, 5) is 16.5. The third-order valence-corrected chi connectivity index (χ3v) is 2.69. The zero-order chi connectivity index (χ0) is 15.6. The van der Waals surface area contributed by atoms with E-state index in [1.54, 1.807) is 13.8 Å². The molecule has 11 nitrogen and oxygen atoms in total. The summed E-state index contributed by atoms with van der Waals surface area (Å²) in [6.07, 6.45) is 0. The van der Waals surface area contributed by atoms with Crippen molar-refractivity contribution < 1.29 is 28.7 Å². The van der Waals surface area contributed by atoms with E-state index >= 15 is 0 Å². The van der Waals surface area contributed by atoms with Crippen molar-refractivity contribution in [3.63, 3.8) is 0 Å². The van der Waals surface area contributed by atoms with E-state index in [4.69, 9.17) is 4.84 Å². The summed E-state index contributed by atoms with van der Waals surface area (Å²) in [7, 11) is 0. The van der Waals surface area contributed by atoms with Crippen LogP contribution < -0.4 is 9.81 Å². The van der Waals surface area contributed by atoms with E-state index in [1.807, 2.05) is 0 Å². The lowest BCUT2D eigenvalue weighted by Gasteiger charge is -2.17. The Labute approximate surface area is 118 Å². The van der Waals surface area contributed by atoms with Crippen molar-refractivity contribution in [2.24, 2.45) is 0 Å². The van der Waals surface area contributed by atoms with Crippen LogP contribution >= 0.6 is 0 Å². The lowest BCUT2D eigenvalue weighted by Crippen LogP contribution is -2.38. The van der Waals surface area contributed by atoms with Crippen LogP contribution in [-0.2, 0) is 22.7 Å². The second kappa shape index (κ2) is 5.75. The Morgan fingerprint density at radius 3 is 1.86 bits per heavy atom. The molecule has 0 aliphatic heterocycles. The highest BCUT2D eigenvalue weighted by Crippen LogP contribution is 2.10. The van der Waals surface area contributed by atoms with Crippen molar-refractivity contribution >= 4 is 5.97 Å². The Kier molecular flexibility index (Phi) is 4.03. The second-order valence-electron chi connectivity index (χ2n) is 4.31. The van der Waals surface area contributed by atoms with E-state index in [9.17, 15) is 15.2 Å². The molecule has 0 N–H and O–H groups in total. The van der Waals surface area contributed by atoms with Gasteiger partial charge in [-0.15, -0.1) is 5.06 Å². The molecule has 2 heterocycles. The van der Waals surface area contributed by atoms with Crippen molar-refractivity contribution in [2.45, 2.75) is 33.9 Å². The minimum absolute atomic E-state index is 0.108. The van der Waals surface area contributed by atoms with Gasteiger partial charge in [0, 0.05) is 31.1 Å². The molecule has 0 unspecified atom stereocenters. The van der Waals surface area contributed by atoms with Gasteiger partial charge in [0.1, 0.15) is 13.1 Å². The number of aryl methyl sites for hydroxylation is 2. The molecule has 2 aromatic heterocycles. The third kappa shape index (κ3) is 3.25. The molecule has 0 aliphatic rings. The fourth-order valence-corrected chi connectivity index (χ4v) is 1.65. The minimum Gasteiger partial charge on any atom is -0.367 e. The number of carbonyl (C=O) groups excluding carboxylic acids is 1. The molecule has 0 fully saturated rings. The van der Waals surface area contributed by atoms with E-state index in [-0.39, 0.29) is 34.3 Å². The van der Waals surface area contributed by atoms with E-state index < -0.39 is 5.97 Å². The molecule has 2 aromatic rings. The fourth-order valence-electron chi connectivity index (χ4n) is 1.65. The molecule has 21 heavy (non-hydrogen) atoms. The first-order chi connectivity index (χ1) is 9.88. The molecule has 0 radical (unpaired) electrons. The average Bonchev–Trinajstić information content (AvgIpc) is 2.88. The van der Waals surface area contributed by atoms with E-state index in [1.165, 1.54) is 6.92 Å². The first-order valence-corrected chi connectivity index (χ1v) is 5.92. The highest BCUT2D eigenvalue weighted by molar-refractivity contribution is 5.65. The number of carbonyl (C=O) groups is 1. The molecule has 0 saturated carbocycles. The van der Waals surface area contributed by atoms with Crippen LogP contribution in [-0.4, -0.2) is 21.3 Å². The number of aromatic nitrogens is 4. The van der Waals surface area contributed by atoms with E-state index in [0.717, 1.165) is 5.06 Å². The van der Waals surface area contributed by atoms with Gasteiger partial charge in [-0.25, -0.2) is 0 Å². The molecule has 0 aliphatic carbocycles. The number of nitrogens with zero attached hydrogens (tertiary/aromatic N) is 5.